The Bertz CT molecular complexity index is 1340. The van der Waals surface area contributed by atoms with Crippen LogP contribution in [0.5, 0.6) is 0 Å². The Labute approximate surface area is 220 Å². The lowest BCUT2D eigenvalue weighted by atomic mass is 9.88. The molecule has 3 fully saturated rings. The van der Waals surface area contributed by atoms with Gasteiger partial charge in [0.15, 0.2) is 11.9 Å². The molecule has 39 heavy (non-hydrogen) atoms. The number of oxime groups is 1. The molecule has 5 N–H and O–H groups in total. The van der Waals surface area contributed by atoms with Gasteiger partial charge in [0.1, 0.15) is 17.5 Å². The lowest BCUT2D eigenvalue weighted by Crippen LogP contribution is -2.52. The molecule has 2 heterocycles. The molecule has 0 radical (unpaired) electrons. The zero-order chi connectivity index (χ0) is 27.9. The van der Waals surface area contributed by atoms with Crippen LogP contribution in [-0.4, -0.2) is 55.2 Å². The van der Waals surface area contributed by atoms with Gasteiger partial charge < -0.3 is 25.4 Å². The van der Waals surface area contributed by atoms with Gasteiger partial charge in [-0.25, -0.2) is 4.98 Å². The van der Waals surface area contributed by atoms with Crippen molar-refractivity contribution in [2.75, 3.05) is 5.32 Å². The SMILES string of the molecule is N=C(C(=O)N[C@H](C(=O)Nc1cn(C(c2ccc[nH]c2=O)C(F)(F)F)cn1)C(C1CC1)C1CC1)/C(=N\O)C1CC1. The number of carbonyl (C=O) groups is 2. The fourth-order valence-electron chi connectivity index (χ4n) is 5.15. The van der Waals surface area contributed by atoms with Crippen molar-refractivity contribution in [1.29, 1.82) is 5.41 Å². The van der Waals surface area contributed by atoms with E-state index in [2.05, 4.69) is 25.8 Å². The van der Waals surface area contributed by atoms with Crippen LogP contribution in [0.2, 0.25) is 0 Å². The van der Waals surface area contributed by atoms with E-state index in [9.17, 15) is 32.8 Å². The van der Waals surface area contributed by atoms with E-state index in [1.807, 2.05) is 0 Å². The van der Waals surface area contributed by atoms with E-state index in [1.54, 1.807) is 0 Å². The van der Waals surface area contributed by atoms with E-state index in [4.69, 9.17) is 5.41 Å². The second-order valence-electron chi connectivity index (χ2n) is 10.4. The number of halogens is 3. The van der Waals surface area contributed by atoms with Crippen LogP contribution >= 0.6 is 0 Å². The lowest BCUT2D eigenvalue weighted by Gasteiger charge is -2.27. The van der Waals surface area contributed by atoms with E-state index >= 15 is 0 Å². The Morgan fingerprint density at radius 2 is 1.85 bits per heavy atom. The average Bonchev–Trinajstić information content (AvgIpc) is 3.74. The van der Waals surface area contributed by atoms with Crippen LogP contribution in [0.4, 0.5) is 19.0 Å². The summed E-state index contributed by atoms with van der Waals surface area (Å²) in [6.45, 7) is 0. The normalized spacial score (nSPS) is 19.4. The molecule has 208 valence electrons. The number of nitrogens with one attached hydrogen (secondary N) is 4. The number of H-pyrrole nitrogens is 1. The number of rotatable bonds is 11. The second-order valence-corrected chi connectivity index (χ2v) is 10.4. The molecule has 0 aliphatic heterocycles. The molecule has 0 spiro atoms. The summed E-state index contributed by atoms with van der Waals surface area (Å²) in [5, 5.41) is 25.7. The van der Waals surface area contributed by atoms with Crippen molar-refractivity contribution in [1.82, 2.24) is 19.9 Å². The topological polar surface area (TPSA) is 165 Å². The molecule has 0 bridgehead atoms. The van der Waals surface area contributed by atoms with Crippen LogP contribution in [0.1, 0.15) is 50.1 Å². The third-order valence-electron chi connectivity index (χ3n) is 7.45. The van der Waals surface area contributed by atoms with Crippen molar-refractivity contribution < 1.29 is 28.0 Å². The van der Waals surface area contributed by atoms with Crippen LogP contribution in [0, 0.1) is 29.1 Å². The van der Waals surface area contributed by atoms with Crippen LogP contribution in [-0.2, 0) is 9.59 Å². The fraction of sp³-hybridized carbons (Fsp3) is 0.520. The summed E-state index contributed by atoms with van der Waals surface area (Å²) in [6.07, 6.45) is 3.19. The minimum atomic E-state index is -4.83. The van der Waals surface area contributed by atoms with Gasteiger partial charge in [0, 0.05) is 23.9 Å². The van der Waals surface area contributed by atoms with Gasteiger partial charge >= 0.3 is 6.18 Å². The minimum absolute atomic E-state index is 0.0334. The molecule has 11 nitrogen and oxygen atoms in total. The molecule has 0 saturated heterocycles. The number of pyridine rings is 1. The highest BCUT2D eigenvalue weighted by Gasteiger charge is 2.49. The first kappa shape index (κ1) is 26.6. The molecule has 3 aliphatic carbocycles. The summed E-state index contributed by atoms with van der Waals surface area (Å²) in [6, 6.07) is -1.04. The third-order valence-corrected chi connectivity index (χ3v) is 7.45. The zero-order valence-electron chi connectivity index (χ0n) is 20.7. The van der Waals surface area contributed by atoms with E-state index in [1.165, 1.54) is 12.3 Å². The number of imidazole rings is 1. The van der Waals surface area contributed by atoms with Gasteiger partial charge in [-0.2, -0.15) is 13.2 Å². The largest absolute Gasteiger partial charge is 0.413 e. The summed E-state index contributed by atoms with van der Waals surface area (Å²) in [7, 11) is 0. The Balaban J connectivity index is 1.37. The van der Waals surface area contributed by atoms with Crippen molar-refractivity contribution in [3.8, 4) is 0 Å². The van der Waals surface area contributed by atoms with E-state index in [0.717, 1.165) is 44.3 Å². The summed E-state index contributed by atoms with van der Waals surface area (Å²) in [5.74, 6) is -1.68. The number of anilines is 1. The first-order valence-corrected chi connectivity index (χ1v) is 12.8. The average molecular weight is 548 g/mol. The molecule has 0 aromatic carbocycles. The Morgan fingerprint density at radius 3 is 2.38 bits per heavy atom. The number of alkyl halides is 3. The van der Waals surface area contributed by atoms with E-state index in [0.29, 0.717) is 17.4 Å². The predicted molar refractivity (Wildman–Crippen MR) is 133 cm³/mol. The summed E-state index contributed by atoms with van der Waals surface area (Å²) >= 11 is 0. The van der Waals surface area contributed by atoms with Crippen molar-refractivity contribution in [3.05, 3.63) is 46.8 Å². The van der Waals surface area contributed by atoms with Gasteiger partial charge in [-0.3, -0.25) is 19.8 Å². The smallest absolute Gasteiger partial charge is 0.411 e. The Morgan fingerprint density at radius 1 is 1.18 bits per heavy atom. The molecule has 2 aromatic heterocycles. The standard InChI is InChI=1S/C25H28F3N7O4/c26-25(27,28)21(15-2-1-9-30-22(15)36)35-10-16(31-11-35)32-24(38)20(17(12-3-4-12)13-5-6-13)33-23(37)18(29)19(34-39)14-7-8-14/h1-2,9-14,17,20-21,29,39H,3-8H2,(H,30,36)(H,32,38)(H,33,37)/b29-18?,34-19-/t20-,21?/m0/s1. The molecule has 5 rings (SSSR count). The number of aromatic nitrogens is 3. The maximum atomic E-state index is 14.0. The van der Waals surface area contributed by atoms with Gasteiger partial charge in [0.05, 0.1) is 6.33 Å². The van der Waals surface area contributed by atoms with Crippen molar-refractivity contribution >= 4 is 29.1 Å². The number of carbonyl (C=O) groups excluding carboxylic acids is 2. The van der Waals surface area contributed by atoms with Gasteiger partial charge in [-0.1, -0.05) is 5.16 Å². The molecule has 3 saturated carbocycles. The van der Waals surface area contributed by atoms with Gasteiger partial charge in [0.2, 0.25) is 5.91 Å². The number of aromatic amines is 1. The van der Waals surface area contributed by atoms with E-state index < -0.39 is 46.9 Å². The maximum Gasteiger partial charge on any atom is 0.413 e. The Kier molecular flexibility index (Phi) is 7.03. The van der Waals surface area contributed by atoms with Gasteiger partial charge in [-0.05, 0) is 68.4 Å². The second kappa shape index (κ2) is 10.3. The van der Waals surface area contributed by atoms with Crippen LogP contribution in [0.15, 0.2) is 40.8 Å². The van der Waals surface area contributed by atoms with Crippen LogP contribution in [0.25, 0.3) is 0 Å². The van der Waals surface area contributed by atoms with Crippen molar-refractivity contribution in [2.24, 2.45) is 28.8 Å². The van der Waals surface area contributed by atoms with Gasteiger partial charge in [-0.15, -0.1) is 0 Å². The lowest BCUT2D eigenvalue weighted by molar-refractivity contribution is -0.157. The zero-order valence-corrected chi connectivity index (χ0v) is 20.7. The highest BCUT2D eigenvalue weighted by molar-refractivity contribution is 6.66. The third kappa shape index (κ3) is 5.88. The molecule has 1 unspecified atom stereocenters. The quantitative estimate of drug-likeness (QED) is 0.166. The van der Waals surface area contributed by atoms with Crippen LogP contribution < -0.4 is 16.2 Å². The maximum absolute atomic E-state index is 14.0. The summed E-state index contributed by atoms with van der Waals surface area (Å²) in [4.78, 5) is 44.6. The molecule has 2 aromatic rings. The van der Waals surface area contributed by atoms with Crippen LogP contribution in [0.3, 0.4) is 0 Å². The molecule has 14 heteroatoms. The molecular weight excluding hydrogens is 519 g/mol. The highest BCUT2D eigenvalue weighted by Crippen LogP contribution is 2.51. The number of hydrogen-bond acceptors (Lipinski definition) is 7. The van der Waals surface area contributed by atoms with Crippen molar-refractivity contribution in [2.45, 2.75) is 56.8 Å². The molecule has 2 amide bonds. The molecular formula is C25H28F3N7O4. The first-order chi connectivity index (χ1) is 18.6. The Hall–Kier alpha value is -3.97. The summed E-state index contributed by atoms with van der Waals surface area (Å²) < 4.78 is 42.6. The molecule has 2 atom stereocenters. The summed E-state index contributed by atoms with van der Waals surface area (Å²) in [5.41, 5.74) is -2.00. The fourth-order valence-corrected chi connectivity index (χ4v) is 5.15. The highest BCUT2D eigenvalue weighted by atomic mass is 19.4. The van der Waals surface area contributed by atoms with Gasteiger partial charge in [0.25, 0.3) is 11.5 Å². The first-order valence-electron chi connectivity index (χ1n) is 12.8. The van der Waals surface area contributed by atoms with Crippen molar-refractivity contribution in [3.63, 3.8) is 0 Å². The number of hydrogen-bond donors (Lipinski definition) is 5. The monoisotopic (exact) mass is 547 g/mol. The molecule has 3 aliphatic rings. The van der Waals surface area contributed by atoms with E-state index in [-0.39, 0.29) is 35.2 Å². The minimum Gasteiger partial charge on any atom is -0.411 e. The number of nitrogens with zero attached hydrogens (tertiary/aromatic N) is 3. The predicted octanol–water partition coefficient (Wildman–Crippen LogP) is 2.84. The number of amides is 2.